The number of rotatable bonds is 4. The van der Waals surface area contributed by atoms with Crippen LogP contribution >= 0.6 is 11.3 Å². The number of methoxy groups -OCH3 is 1. The Morgan fingerprint density at radius 2 is 2.33 bits per heavy atom. The van der Waals surface area contributed by atoms with E-state index in [9.17, 15) is 4.79 Å². The van der Waals surface area contributed by atoms with Gasteiger partial charge in [-0.15, -0.1) is 11.3 Å². The van der Waals surface area contributed by atoms with Crippen LogP contribution in [0, 0.1) is 5.41 Å². The first-order valence-electron chi connectivity index (χ1n) is 7.82. The summed E-state index contributed by atoms with van der Waals surface area (Å²) in [6.07, 6.45) is 5.09. The number of carbonyl (C=O) groups excluding carboxylic acids is 1. The van der Waals surface area contributed by atoms with Gasteiger partial charge < -0.3 is 15.4 Å². The number of carbonyl (C=O) groups is 1. The third-order valence-electron chi connectivity index (χ3n) is 4.82. The van der Waals surface area contributed by atoms with Crippen molar-refractivity contribution in [3.63, 3.8) is 0 Å². The van der Waals surface area contributed by atoms with E-state index in [1.807, 2.05) is 11.3 Å². The molecule has 3 rings (SSSR count). The molecule has 1 aromatic heterocycles. The summed E-state index contributed by atoms with van der Waals surface area (Å²) in [5, 5.41) is 8.79. The van der Waals surface area contributed by atoms with E-state index in [2.05, 4.69) is 22.1 Å². The molecule has 2 N–H and O–H groups in total. The molecule has 5 heteroatoms. The van der Waals surface area contributed by atoms with Gasteiger partial charge in [0.1, 0.15) is 0 Å². The number of thiophene rings is 1. The van der Waals surface area contributed by atoms with Crippen LogP contribution < -0.4 is 10.6 Å². The number of nitrogens with one attached hydrogen (secondary N) is 2. The van der Waals surface area contributed by atoms with Gasteiger partial charge in [0, 0.05) is 12.0 Å². The number of hydrogen-bond donors (Lipinski definition) is 2. The van der Waals surface area contributed by atoms with Crippen LogP contribution in [-0.4, -0.2) is 32.7 Å². The maximum atomic E-state index is 12.9. The molecule has 1 aromatic rings. The van der Waals surface area contributed by atoms with Crippen molar-refractivity contribution in [3.8, 4) is 0 Å². The summed E-state index contributed by atoms with van der Waals surface area (Å²) in [4.78, 5) is 14.3. The smallest absolute Gasteiger partial charge is 0.229 e. The molecular formula is C16H24N2O2S. The molecular weight excluding hydrogens is 284 g/mol. The summed E-state index contributed by atoms with van der Waals surface area (Å²) in [7, 11) is 1.69. The van der Waals surface area contributed by atoms with E-state index in [-0.39, 0.29) is 17.4 Å². The van der Waals surface area contributed by atoms with Crippen molar-refractivity contribution in [1.29, 1.82) is 0 Å². The quantitative estimate of drug-likeness (QED) is 0.897. The Hall–Kier alpha value is -0.910. The predicted octanol–water partition coefficient (Wildman–Crippen LogP) is 2.26. The third-order valence-corrected chi connectivity index (χ3v) is 5.82. The van der Waals surface area contributed by atoms with Crippen LogP contribution in [0.4, 0.5) is 0 Å². The Bertz CT molecular complexity index is 489. The topological polar surface area (TPSA) is 50.4 Å². The van der Waals surface area contributed by atoms with E-state index >= 15 is 0 Å². The van der Waals surface area contributed by atoms with Gasteiger partial charge in [-0.1, -0.05) is 0 Å². The Labute approximate surface area is 130 Å². The van der Waals surface area contributed by atoms with Crippen LogP contribution in [0.15, 0.2) is 11.4 Å². The van der Waals surface area contributed by atoms with E-state index in [0.29, 0.717) is 6.61 Å². The molecule has 1 unspecified atom stereocenters. The predicted molar refractivity (Wildman–Crippen MR) is 84.6 cm³/mol. The molecule has 1 atom stereocenters. The maximum Gasteiger partial charge on any atom is 0.229 e. The molecule has 0 aromatic carbocycles. The monoisotopic (exact) mass is 308 g/mol. The van der Waals surface area contributed by atoms with Gasteiger partial charge in [-0.3, -0.25) is 4.79 Å². The fourth-order valence-electron chi connectivity index (χ4n) is 3.57. The van der Waals surface area contributed by atoms with E-state index in [1.165, 1.54) is 10.4 Å². The van der Waals surface area contributed by atoms with Crippen LogP contribution in [0.5, 0.6) is 0 Å². The minimum absolute atomic E-state index is 0.176. The van der Waals surface area contributed by atoms with Gasteiger partial charge in [0.05, 0.1) is 18.1 Å². The van der Waals surface area contributed by atoms with Crippen LogP contribution in [-0.2, 0) is 16.0 Å². The van der Waals surface area contributed by atoms with Gasteiger partial charge in [0.15, 0.2) is 0 Å². The van der Waals surface area contributed by atoms with Crippen molar-refractivity contribution in [3.05, 3.63) is 21.9 Å². The maximum absolute atomic E-state index is 12.9. The molecule has 0 spiro atoms. The molecule has 21 heavy (non-hydrogen) atoms. The van der Waals surface area contributed by atoms with Crippen molar-refractivity contribution in [2.75, 3.05) is 26.8 Å². The molecule has 2 heterocycles. The van der Waals surface area contributed by atoms with Crippen molar-refractivity contribution >= 4 is 17.2 Å². The number of fused-ring (bicyclic) bond motifs is 1. The largest absolute Gasteiger partial charge is 0.384 e. The van der Waals surface area contributed by atoms with Gasteiger partial charge in [0.2, 0.25) is 5.91 Å². The minimum Gasteiger partial charge on any atom is -0.384 e. The number of hydrogen-bond acceptors (Lipinski definition) is 4. The summed E-state index contributed by atoms with van der Waals surface area (Å²) in [5.41, 5.74) is 0.981. The van der Waals surface area contributed by atoms with Crippen LogP contribution in [0.2, 0.25) is 0 Å². The Balaban J connectivity index is 1.73. The van der Waals surface area contributed by atoms with Gasteiger partial charge >= 0.3 is 0 Å². The Kier molecular flexibility index (Phi) is 4.62. The minimum atomic E-state index is -0.354. The molecule has 1 fully saturated rings. The van der Waals surface area contributed by atoms with Gasteiger partial charge in [-0.05, 0) is 62.2 Å². The lowest BCUT2D eigenvalue weighted by atomic mass is 9.78. The van der Waals surface area contributed by atoms with Crippen LogP contribution in [0.1, 0.15) is 42.2 Å². The van der Waals surface area contributed by atoms with Crippen LogP contribution in [0.3, 0.4) is 0 Å². The average Bonchev–Trinajstić information content (AvgIpc) is 2.98. The van der Waals surface area contributed by atoms with Gasteiger partial charge in [0.25, 0.3) is 0 Å². The SMILES string of the molecule is COCC1(C(=O)NC2CCCc3sccc32)CCNCC1. The number of aryl methyl sites for hydroxylation is 1. The number of amides is 1. The first-order valence-corrected chi connectivity index (χ1v) is 8.70. The molecule has 0 radical (unpaired) electrons. The second-order valence-electron chi connectivity index (χ2n) is 6.18. The van der Waals surface area contributed by atoms with Gasteiger partial charge in [-0.25, -0.2) is 0 Å². The number of piperidine rings is 1. The van der Waals surface area contributed by atoms with Gasteiger partial charge in [-0.2, -0.15) is 0 Å². The normalized spacial score (nSPS) is 24.3. The highest BCUT2D eigenvalue weighted by Crippen LogP contribution is 2.35. The highest BCUT2D eigenvalue weighted by molar-refractivity contribution is 7.10. The Morgan fingerprint density at radius 1 is 1.52 bits per heavy atom. The first-order chi connectivity index (χ1) is 10.2. The average molecular weight is 308 g/mol. The standard InChI is InChI=1S/C16H24N2O2S/c1-20-11-16(6-8-17-9-7-16)15(19)18-13-3-2-4-14-12(13)5-10-21-14/h5,10,13,17H,2-4,6-9,11H2,1H3,(H,18,19). The van der Waals surface area contributed by atoms with E-state index < -0.39 is 0 Å². The molecule has 1 saturated heterocycles. The molecule has 4 nitrogen and oxygen atoms in total. The zero-order valence-electron chi connectivity index (χ0n) is 12.6. The zero-order valence-corrected chi connectivity index (χ0v) is 13.4. The lowest BCUT2D eigenvalue weighted by molar-refractivity contribution is -0.137. The van der Waals surface area contributed by atoms with E-state index in [0.717, 1.165) is 45.2 Å². The van der Waals surface area contributed by atoms with E-state index in [1.54, 1.807) is 7.11 Å². The summed E-state index contributed by atoms with van der Waals surface area (Å²) in [5.74, 6) is 0.176. The lowest BCUT2D eigenvalue weighted by Gasteiger charge is -2.37. The fraction of sp³-hybridized carbons (Fsp3) is 0.688. The van der Waals surface area contributed by atoms with Crippen molar-refractivity contribution in [2.45, 2.75) is 38.1 Å². The second kappa shape index (κ2) is 6.46. The molecule has 2 aliphatic rings. The molecule has 1 aliphatic carbocycles. The third kappa shape index (κ3) is 3.00. The number of ether oxygens (including phenoxy) is 1. The molecule has 0 bridgehead atoms. The molecule has 1 amide bonds. The molecule has 0 saturated carbocycles. The lowest BCUT2D eigenvalue weighted by Crippen LogP contribution is -2.51. The van der Waals surface area contributed by atoms with Crippen LogP contribution in [0.25, 0.3) is 0 Å². The molecule has 116 valence electrons. The zero-order chi connectivity index (χ0) is 14.7. The highest BCUT2D eigenvalue weighted by Gasteiger charge is 2.40. The fourth-order valence-corrected chi connectivity index (χ4v) is 4.55. The first kappa shape index (κ1) is 15.0. The summed E-state index contributed by atoms with van der Waals surface area (Å²) in [6, 6.07) is 2.37. The van der Waals surface area contributed by atoms with Crippen molar-refractivity contribution in [1.82, 2.24) is 10.6 Å². The summed E-state index contributed by atoms with van der Waals surface area (Å²) < 4.78 is 5.36. The van der Waals surface area contributed by atoms with E-state index in [4.69, 9.17) is 4.74 Å². The molecule has 1 aliphatic heterocycles. The second-order valence-corrected chi connectivity index (χ2v) is 7.18. The summed E-state index contributed by atoms with van der Waals surface area (Å²) >= 11 is 1.82. The Morgan fingerprint density at radius 3 is 3.10 bits per heavy atom. The van der Waals surface area contributed by atoms with Crippen molar-refractivity contribution < 1.29 is 9.53 Å². The van der Waals surface area contributed by atoms with Crippen molar-refractivity contribution in [2.24, 2.45) is 5.41 Å². The highest BCUT2D eigenvalue weighted by atomic mass is 32.1. The summed E-state index contributed by atoms with van der Waals surface area (Å²) in [6.45, 7) is 2.31.